The van der Waals surface area contributed by atoms with Gasteiger partial charge in [-0.3, -0.25) is 14.5 Å². The van der Waals surface area contributed by atoms with Gasteiger partial charge in [0.1, 0.15) is 12.1 Å². The summed E-state index contributed by atoms with van der Waals surface area (Å²) in [4.78, 5) is 26.7. The van der Waals surface area contributed by atoms with E-state index >= 15 is 0 Å². The quantitative estimate of drug-likeness (QED) is 0.933. The minimum atomic E-state index is -0.528. The van der Waals surface area contributed by atoms with E-state index in [2.05, 4.69) is 5.32 Å². The molecule has 2 unspecified atom stereocenters. The maximum atomic E-state index is 12.7. The first-order chi connectivity index (χ1) is 9.86. The van der Waals surface area contributed by atoms with E-state index in [1.54, 1.807) is 11.0 Å². The van der Waals surface area contributed by atoms with Gasteiger partial charge in [0.2, 0.25) is 11.8 Å². The minimum absolute atomic E-state index is 0.00309. The largest absolute Gasteiger partial charge is 0.342 e. The number of hydrogen-bond acceptors (Lipinski definition) is 2. The molecular formula is C16H21ClN2O2. The van der Waals surface area contributed by atoms with Crippen molar-refractivity contribution in [2.75, 3.05) is 4.90 Å². The second kappa shape index (κ2) is 6.06. The van der Waals surface area contributed by atoms with E-state index in [9.17, 15) is 9.59 Å². The lowest BCUT2D eigenvalue weighted by Gasteiger charge is -2.41. The van der Waals surface area contributed by atoms with Crippen molar-refractivity contribution in [1.82, 2.24) is 5.32 Å². The number of aryl methyl sites for hydroxylation is 1. The Morgan fingerprint density at radius 1 is 1.33 bits per heavy atom. The molecule has 0 saturated carbocycles. The lowest BCUT2D eigenvalue weighted by Crippen LogP contribution is -2.65. The summed E-state index contributed by atoms with van der Waals surface area (Å²) in [6.07, 6.45) is 0.565. The molecule has 1 aliphatic rings. The number of anilines is 1. The summed E-state index contributed by atoms with van der Waals surface area (Å²) in [5, 5.41) is 3.30. The Morgan fingerprint density at radius 2 is 2.00 bits per heavy atom. The lowest BCUT2D eigenvalue weighted by atomic mass is 9.95. The van der Waals surface area contributed by atoms with Crippen LogP contribution in [0, 0.1) is 12.8 Å². The number of carbonyl (C=O) groups excluding carboxylic acids is 2. The molecule has 1 aromatic rings. The molecule has 0 bridgehead atoms. The molecule has 1 aliphatic heterocycles. The van der Waals surface area contributed by atoms with Crippen LogP contribution in [0.15, 0.2) is 18.2 Å². The van der Waals surface area contributed by atoms with Gasteiger partial charge in [-0.15, -0.1) is 0 Å². The smallest absolute Gasteiger partial charge is 0.250 e. The lowest BCUT2D eigenvalue weighted by molar-refractivity contribution is -0.134. The maximum absolute atomic E-state index is 12.7. The molecule has 114 valence electrons. The highest BCUT2D eigenvalue weighted by Gasteiger charge is 2.42. The average molecular weight is 309 g/mol. The Morgan fingerprint density at radius 3 is 2.57 bits per heavy atom. The molecular weight excluding hydrogens is 288 g/mol. The Kier molecular flexibility index (Phi) is 4.57. The summed E-state index contributed by atoms with van der Waals surface area (Å²) in [6, 6.07) is 4.51. The fourth-order valence-electron chi connectivity index (χ4n) is 2.69. The number of nitrogens with one attached hydrogen (secondary N) is 1. The molecule has 21 heavy (non-hydrogen) atoms. The molecule has 4 nitrogen and oxygen atoms in total. The topological polar surface area (TPSA) is 49.4 Å². The molecule has 1 saturated heterocycles. The van der Waals surface area contributed by atoms with Crippen LogP contribution >= 0.6 is 11.6 Å². The Bertz CT molecular complexity index is 571. The third-order valence-electron chi connectivity index (χ3n) is 3.80. The molecule has 2 atom stereocenters. The van der Waals surface area contributed by atoms with Crippen LogP contribution in [0.1, 0.15) is 32.8 Å². The summed E-state index contributed by atoms with van der Waals surface area (Å²) >= 11 is 6.28. The van der Waals surface area contributed by atoms with Gasteiger partial charge in [0.25, 0.3) is 0 Å². The average Bonchev–Trinajstić information content (AvgIpc) is 2.43. The highest BCUT2D eigenvalue weighted by atomic mass is 35.5. The zero-order valence-corrected chi connectivity index (χ0v) is 13.6. The Balaban J connectivity index is 2.55. The summed E-state index contributed by atoms with van der Waals surface area (Å²) in [7, 11) is 0. The van der Waals surface area contributed by atoms with Gasteiger partial charge in [-0.05, 0) is 37.0 Å². The molecule has 1 N–H and O–H groups in total. The molecule has 0 spiro atoms. The molecule has 5 heteroatoms. The van der Waals surface area contributed by atoms with Gasteiger partial charge in [-0.25, -0.2) is 0 Å². The van der Waals surface area contributed by atoms with Crippen LogP contribution in [0.4, 0.5) is 5.69 Å². The number of rotatable bonds is 3. The third kappa shape index (κ3) is 2.91. The first kappa shape index (κ1) is 15.8. The molecule has 2 amide bonds. The second-order valence-electron chi connectivity index (χ2n) is 5.82. The molecule has 0 radical (unpaired) electrons. The Hall–Kier alpha value is -1.55. The predicted octanol–water partition coefficient (Wildman–Crippen LogP) is 2.91. The summed E-state index contributed by atoms with van der Waals surface area (Å²) in [5.41, 5.74) is 1.62. The van der Waals surface area contributed by atoms with E-state index in [-0.39, 0.29) is 17.7 Å². The fraction of sp³-hybridized carbons (Fsp3) is 0.500. The zero-order valence-electron chi connectivity index (χ0n) is 12.8. The van der Waals surface area contributed by atoms with E-state index in [1.807, 2.05) is 39.8 Å². The predicted molar refractivity (Wildman–Crippen MR) is 84.5 cm³/mol. The molecule has 0 aromatic heterocycles. The van der Waals surface area contributed by atoms with Crippen molar-refractivity contribution in [2.24, 2.45) is 5.92 Å². The number of hydrogen-bond donors (Lipinski definition) is 1. The van der Waals surface area contributed by atoms with Gasteiger partial charge in [0.15, 0.2) is 0 Å². The van der Waals surface area contributed by atoms with E-state index in [1.165, 1.54) is 0 Å². The van der Waals surface area contributed by atoms with E-state index in [0.717, 1.165) is 5.56 Å². The van der Waals surface area contributed by atoms with E-state index < -0.39 is 12.1 Å². The van der Waals surface area contributed by atoms with Crippen LogP contribution in [0.3, 0.4) is 0 Å². The first-order valence-electron chi connectivity index (χ1n) is 7.26. The van der Waals surface area contributed by atoms with Crippen LogP contribution in [-0.4, -0.2) is 23.9 Å². The second-order valence-corrected chi connectivity index (χ2v) is 6.23. The number of piperazine rings is 1. The van der Waals surface area contributed by atoms with E-state index in [0.29, 0.717) is 17.1 Å². The maximum Gasteiger partial charge on any atom is 0.250 e. The van der Waals surface area contributed by atoms with Gasteiger partial charge in [-0.1, -0.05) is 38.4 Å². The van der Waals surface area contributed by atoms with Crippen molar-refractivity contribution >= 4 is 29.1 Å². The van der Waals surface area contributed by atoms with Gasteiger partial charge >= 0.3 is 0 Å². The summed E-state index contributed by atoms with van der Waals surface area (Å²) in [5.74, 6) is -0.208. The number of amides is 2. The third-order valence-corrected chi connectivity index (χ3v) is 4.12. The monoisotopic (exact) mass is 308 g/mol. The van der Waals surface area contributed by atoms with Gasteiger partial charge < -0.3 is 5.32 Å². The normalized spacial score (nSPS) is 22.7. The standard InChI is InChI=1S/C16H21ClN2O2/c1-5-12-16(21)19(14(9(2)3)15(20)18-12)13-8-10(4)6-7-11(13)17/h6-9,12,14H,5H2,1-4H3,(H,18,20). The van der Waals surface area contributed by atoms with Crippen molar-refractivity contribution in [3.05, 3.63) is 28.8 Å². The van der Waals surface area contributed by atoms with Crippen molar-refractivity contribution in [3.63, 3.8) is 0 Å². The van der Waals surface area contributed by atoms with Crippen LogP contribution in [-0.2, 0) is 9.59 Å². The molecule has 1 fully saturated rings. The number of carbonyl (C=O) groups is 2. The first-order valence-corrected chi connectivity index (χ1v) is 7.64. The number of benzene rings is 1. The highest BCUT2D eigenvalue weighted by Crippen LogP contribution is 2.32. The Labute approximate surface area is 130 Å². The van der Waals surface area contributed by atoms with Crippen molar-refractivity contribution < 1.29 is 9.59 Å². The van der Waals surface area contributed by atoms with Crippen molar-refractivity contribution in [3.8, 4) is 0 Å². The SMILES string of the molecule is CCC1NC(=O)C(C(C)C)N(c2cc(C)ccc2Cl)C1=O. The highest BCUT2D eigenvalue weighted by molar-refractivity contribution is 6.34. The summed E-state index contributed by atoms with van der Waals surface area (Å²) < 4.78 is 0. The minimum Gasteiger partial charge on any atom is -0.342 e. The van der Waals surface area contributed by atoms with E-state index in [4.69, 9.17) is 11.6 Å². The van der Waals surface area contributed by atoms with Crippen LogP contribution in [0.25, 0.3) is 0 Å². The van der Waals surface area contributed by atoms with Gasteiger partial charge in [-0.2, -0.15) is 0 Å². The summed E-state index contributed by atoms with van der Waals surface area (Å²) in [6.45, 7) is 7.69. The van der Waals surface area contributed by atoms with Gasteiger partial charge in [0.05, 0.1) is 10.7 Å². The van der Waals surface area contributed by atoms with Crippen LogP contribution in [0.2, 0.25) is 5.02 Å². The van der Waals surface area contributed by atoms with Crippen LogP contribution in [0.5, 0.6) is 0 Å². The molecule has 1 aromatic carbocycles. The fourth-order valence-corrected chi connectivity index (χ4v) is 2.90. The van der Waals surface area contributed by atoms with Crippen molar-refractivity contribution in [1.29, 1.82) is 0 Å². The van der Waals surface area contributed by atoms with Crippen molar-refractivity contribution in [2.45, 2.75) is 46.2 Å². The molecule has 0 aliphatic carbocycles. The number of halogens is 1. The molecule has 2 rings (SSSR count). The van der Waals surface area contributed by atoms with Crippen LogP contribution < -0.4 is 10.2 Å². The van der Waals surface area contributed by atoms with Gasteiger partial charge in [0, 0.05) is 0 Å². The zero-order chi connectivity index (χ0) is 15.7. The number of nitrogens with zero attached hydrogens (tertiary/aromatic N) is 1. The molecule has 1 heterocycles.